The summed E-state index contributed by atoms with van der Waals surface area (Å²) in [4.78, 5) is 11.1. The highest BCUT2D eigenvalue weighted by Crippen LogP contribution is 2.22. The third-order valence-electron chi connectivity index (χ3n) is 3.27. The van der Waals surface area contributed by atoms with E-state index < -0.39 is 0 Å². The van der Waals surface area contributed by atoms with Gasteiger partial charge < -0.3 is 15.0 Å². The van der Waals surface area contributed by atoms with Crippen molar-refractivity contribution in [3.05, 3.63) is 11.8 Å². The van der Waals surface area contributed by atoms with Crippen LogP contribution in [-0.4, -0.2) is 42.8 Å². The lowest BCUT2D eigenvalue weighted by Crippen LogP contribution is -2.33. The number of aromatic nitrogens is 2. The summed E-state index contributed by atoms with van der Waals surface area (Å²) in [5.41, 5.74) is 1.10. The molecule has 18 heavy (non-hydrogen) atoms. The molecule has 1 saturated heterocycles. The Kier molecular flexibility index (Phi) is 4.36. The summed E-state index contributed by atoms with van der Waals surface area (Å²) < 4.78 is 5.43. The first kappa shape index (κ1) is 13.1. The summed E-state index contributed by atoms with van der Waals surface area (Å²) >= 11 is 0. The predicted octanol–water partition coefficient (Wildman–Crippen LogP) is 1.83. The van der Waals surface area contributed by atoms with Gasteiger partial charge in [-0.25, -0.2) is 4.98 Å². The number of nitrogens with one attached hydrogen (secondary N) is 1. The first-order valence-corrected chi connectivity index (χ1v) is 6.60. The molecular weight excluding hydrogens is 228 g/mol. The second-order valence-corrected chi connectivity index (χ2v) is 4.76. The van der Waals surface area contributed by atoms with Gasteiger partial charge in [0.15, 0.2) is 0 Å². The maximum Gasteiger partial charge on any atom is 0.224 e. The van der Waals surface area contributed by atoms with E-state index in [1.54, 1.807) is 0 Å². The molecule has 1 atom stereocenters. The summed E-state index contributed by atoms with van der Waals surface area (Å²) in [5.74, 6) is 1.71. The van der Waals surface area contributed by atoms with Crippen LogP contribution in [0.5, 0.6) is 0 Å². The standard InChI is InChI=1S/C13H22N4O/c1-4-6-14-13-15-8-10(2)12(16-13)17(3)11-5-7-18-9-11/h8,11H,4-7,9H2,1-3H3,(H,14,15,16). The van der Waals surface area contributed by atoms with Crippen molar-refractivity contribution in [2.24, 2.45) is 0 Å². The number of hydrogen-bond donors (Lipinski definition) is 1. The summed E-state index contributed by atoms with van der Waals surface area (Å²) in [6.07, 6.45) is 4.02. The third-order valence-corrected chi connectivity index (χ3v) is 3.27. The fraction of sp³-hybridized carbons (Fsp3) is 0.692. The van der Waals surface area contributed by atoms with Crippen molar-refractivity contribution in [2.75, 3.05) is 37.0 Å². The first-order chi connectivity index (χ1) is 8.72. The first-order valence-electron chi connectivity index (χ1n) is 6.60. The summed E-state index contributed by atoms with van der Waals surface area (Å²) in [6.45, 7) is 6.71. The van der Waals surface area contributed by atoms with Crippen LogP contribution in [0.25, 0.3) is 0 Å². The molecule has 1 aromatic rings. The molecule has 2 heterocycles. The highest BCUT2D eigenvalue weighted by atomic mass is 16.5. The minimum absolute atomic E-state index is 0.428. The number of nitrogens with zero attached hydrogens (tertiary/aromatic N) is 3. The van der Waals surface area contributed by atoms with Crippen molar-refractivity contribution in [2.45, 2.75) is 32.7 Å². The largest absolute Gasteiger partial charge is 0.379 e. The van der Waals surface area contributed by atoms with E-state index >= 15 is 0 Å². The molecule has 5 nitrogen and oxygen atoms in total. The fourth-order valence-electron chi connectivity index (χ4n) is 2.11. The zero-order valence-electron chi connectivity index (χ0n) is 11.4. The van der Waals surface area contributed by atoms with Crippen molar-refractivity contribution >= 4 is 11.8 Å². The Balaban J connectivity index is 2.14. The Morgan fingerprint density at radius 1 is 1.56 bits per heavy atom. The summed E-state index contributed by atoms with van der Waals surface area (Å²) in [7, 11) is 2.08. The van der Waals surface area contributed by atoms with Gasteiger partial charge in [-0.05, 0) is 19.8 Å². The van der Waals surface area contributed by atoms with E-state index in [0.29, 0.717) is 12.0 Å². The second kappa shape index (κ2) is 6.00. The smallest absolute Gasteiger partial charge is 0.224 e. The SMILES string of the molecule is CCCNc1ncc(C)c(N(C)C2CCOC2)n1. The molecule has 0 amide bonds. The molecule has 100 valence electrons. The van der Waals surface area contributed by atoms with Crippen molar-refractivity contribution in [3.63, 3.8) is 0 Å². The highest BCUT2D eigenvalue weighted by Gasteiger charge is 2.22. The van der Waals surface area contributed by atoms with E-state index in [2.05, 4.69) is 34.2 Å². The van der Waals surface area contributed by atoms with Crippen LogP contribution < -0.4 is 10.2 Å². The number of ether oxygens (including phenoxy) is 1. The molecule has 0 saturated carbocycles. The fourth-order valence-corrected chi connectivity index (χ4v) is 2.11. The lowest BCUT2D eigenvalue weighted by Gasteiger charge is -2.25. The average molecular weight is 250 g/mol. The second-order valence-electron chi connectivity index (χ2n) is 4.76. The van der Waals surface area contributed by atoms with Crippen LogP contribution in [0.3, 0.4) is 0 Å². The van der Waals surface area contributed by atoms with Gasteiger partial charge in [0.25, 0.3) is 0 Å². The molecule has 1 aliphatic rings. The number of anilines is 2. The molecule has 2 rings (SSSR count). The molecule has 0 aromatic carbocycles. The van der Waals surface area contributed by atoms with Crippen molar-refractivity contribution < 1.29 is 4.74 Å². The van der Waals surface area contributed by atoms with Crippen molar-refractivity contribution in [1.29, 1.82) is 0 Å². The van der Waals surface area contributed by atoms with E-state index in [9.17, 15) is 0 Å². The monoisotopic (exact) mass is 250 g/mol. The van der Waals surface area contributed by atoms with E-state index in [0.717, 1.165) is 44.0 Å². The van der Waals surface area contributed by atoms with Gasteiger partial charge >= 0.3 is 0 Å². The molecule has 5 heteroatoms. The van der Waals surface area contributed by atoms with Gasteiger partial charge in [-0.3, -0.25) is 0 Å². The molecular formula is C13H22N4O. The summed E-state index contributed by atoms with van der Waals surface area (Å²) in [5, 5.41) is 3.23. The van der Waals surface area contributed by atoms with E-state index in [-0.39, 0.29) is 0 Å². The maximum atomic E-state index is 5.43. The van der Waals surface area contributed by atoms with Crippen LogP contribution in [-0.2, 0) is 4.74 Å². The normalized spacial score (nSPS) is 18.9. The predicted molar refractivity (Wildman–Crippen MR) is 73.2 cm³/mol. The maximum absolute atomic E-state index is 5.43. The number of hydrogen-bond acceptors (Lipinski definition) is 5. The quantitative estimate of drug-likeness (QED) is 0.864. The molecule has 1 unspecified atom stereocenters. The van der Waals surface area contributed by atoms with Crippen LogP contribution >= 0.6 is 0 Å². The molecule has 0 aliphatic carbocycles. The van der Waals surface area contributed by atoms with Gasteiger partial charge in [-0.2, -0.15) is 4.98 Å². The lowest BCUT2D eigenvalue weighted by molar-refractivity contribution is 0.193. The van der Waals surface area contributed by atoms with Crippen LogP contribution in [0.15, 0.2) is 6.20 Å². The number of likely N-dealkylation sites (N-methyl/N-ethyl adjacent to an activating group) is 1. The van der Waals surface area contributed by atoms with E-state index in [4.69, 9.17) is 4.74 Å². The Morgan fingerprint density at radius 2 is 2.39 bits per heavy atom. The van der Waals surface area contributed by atoms with Crippen LogP contribution in [0, 0.1) is 6.92 Å². The topological polar surface area (TPSA) is 50.3 Å². The average Bonchev–Trinajstić information content (AvgIpc) is 2.91. The molecule has 0 bridgehead atoms. The van der Waals surface area contributed by atoms with Crippen molar-refractivity contribution in [3.8, 4) is 0 Å². The van der Waals surface area contributed by atoms with Crippen molar-refractivity contribution in [1.82, 2.24) is 9.97 Å². The van der Waals surface area contributed by atoms with Gasteiger partial charge in [0.2, 0.25) is 5.95 Å². The van der Waals surface area contributed by atoms with Crippen LogP contribution in [0.4, 0.5) is 11.8 Å². The lowest BCUT2D eigenvalue weighted by atomic mass is 10.2. The Morgan fingerprint density at radius 3 is 3.06 bits per heavy atom. The minimum Gasteiger partial charge on any atom is -0.379 e. The Hall–Kier alpha value is -1.36. The zero-order valence-corrected chi connectivity index (χ0v) is 11.4. The van der Waals surface area contributed by atoms with E-state index in [1.807, 2.05) is 13.1 Å². The Labute approximate surface area is 109 Å². The third kappa shape index (κ3) is 2.90. The molecule has 0 radical (unpaired) electrons. The van der Waals surface area contributed by atoms with Gasteiger partial charge in [0.1, 0.15) is 5.82 Å². The van der Waals surface area contributed by atoms with Gasteiger partial charge in [0.05, 0.1) is 12.6 Å². The Bertz CT molecular complexity index is 391. The zero-order chi connectivity index (χ0) is 13.0. The van der Waals surface area contributed by atoms with E-state index in [1.165, 1.54) is 0 Å². The van der Waals surface area contributed by atoms with Crippen LogP contribution in [0.1, 0.15) is 25.3 Å². The number of rotatable bonds is 5. The molecule has 1 N–H and O–H groups in total. The van der Waals surface area contributed by atoms with Gasteiger partial charge in [-0.15, -0.1) is 0 Å². The molecule has 1 aliphatic heterocycles. The molecule has 1 aromatic heterocycles. The van der Waals surface area contributed by atoms with Gasteiger partial charge in [0, 0.05) is 32.0 Å². The number of aryl methyl sites for hydroxylation is 1. The highest BCUT2D eigenvalue weighted by molar-refractivity contribution is 5.49. The van der Waals surface area contributed by atoms with Gasteiger partial charge in [-0.1, -0.05) is 6.92 Å². The molecule has 1 fully saturated rings. The summed E-state index contributed by atoms with van der Waals surface area (Å²) in [6, 6.07) is 0.428. The molecule has 0 spiro atoms. The van der Waals surface area contributed by atoms with Crippen LogP contribution in [0.2, 0.25) is 0 Å². The minimum atomic E-state index is 0.428.